The molecule has 0 aliphatic carbocycles. The first-order valence-corrected chi connectivity index (χ1v) is 6.77. The molecule has 0 aromatic carbocycles. The van der Waals surface area contributed by atoms with Crippen LogP contribution in [-0.2, 0) is 0 Å². The Morgan fingerprint density at radius 1 is 1.63 bits per heavy atom. The molecule has 1 unspecified atom stereocenters. The van der Waals surface area contributed by atoms with Crippen LogP contribution >= 0.6 is 0 Å². The van der Waals surface area contributed by atoms with Gasteiger partial charge in [-0.1, -0.05) is 0 Å². The molecule has 1 aliphatic heterocycles. The average Bonchev–Trinajstić information content (AvgIpc) is 2.94. The highest BCUT2D eigenvalue weighted by Gasteiger charge is 2.19. The number of aromatic nitrogens is 1. The van der Waals surface area contributed by atoms with Crippen LogP contribution < -0.4 is 10.6 Å². The highest BCUT2D eigenvalue weighted by molar-refractivity contribution is 5.92. The predicted molar refractivity (Wildman–Crippen MR) is 72.7 cm³/mol. The van der Waals surface area contributed by atoms with E-state index in [4.69, 9.17) is 5.26 Å². The van der Waals surface area contributed by atoms with E-state index < -0.39 is 0 Å². The van der Waals surface area contributed by atoms with Crippen LogP contribution in [0.5, 0.6) is 0 Å². The molecule has 0 spiro atoms. The van der Waals surface area contributed by atoms with Crippen molar-refractivity contribution in [1.82, 2.24) is 15.2 Å². The van der Waals surface area contributed by atoms with E-state index in [2.05, 4.69) is 21.3 Å². The molecular weight excluding hydrogens is 240 g/mol. The van der Waals surface area contributed by atoms with Crippen LogP contribution in [0.2, 0.25) is 0 Å². The van der Waals surface area contributed by atoms with Gasteiger partial charge in [-0.3, -0.25) is 4.79 Å². The summed E-state index contributed by atoms with van der Waals surface area (Å²) in [6.45, 7) is 4.18. The first kappa shape index (κ1) is 13.6. The zero-order valence-corrected chi connectivity index (χ0v) is 11.2. The molecule has 2 heterocycles. The molecule has 2 N–H and O–H groups in total. The van der Waals surface area contributed by atoms with Gasteiger partial charge in [0.15, 0.2) is 0 Å². The smallest absolute Gasteiger partial charge is 0.267 e. The van der Waals surface area contributed by atoms with Crippen LogP contribution in [0.15, 0.2) is 18.3 Å². The second-order valence-electron chi connectivity index (χ2n) is 5.02. The largest absolute Gasteiger partial charge is 0.349 e. The first-order valence-electron chi connectivity index (χ1n) is 6.77. The minimum Gasteiger partial charge on any atom is -0.349 e. The maximum Gasteiger partial charge on any atom is 0.267 e. The van der Waals surface area contributed by atoms with Crippen molar-refractivity contribution >= 4 is 5.91 Å². The Labute approximate surface area is 113 Å². The van der Waals surface area contributed by atoms with E-state index in [1.807, 2.05) is 18.3 Å². The van der Waals surface area contributed by atoms with Gasteiger partial charge in [0, 0.05) is 18.8 Å². The normalized spacial score (nSPS) is 17.7. The van der Waals surface area contributed by atoms with Gasteiger partial charge in [-0.15, -0.1) is 0 Å². The maximum absolute atomic E-state index is 12.1. The molecule has 0 saturated carbocycles. The number of nitrogens with zero attached hydrogens (tertiary/aromatic N) is 2. The lowest BCUT2D eigenvalue weighted by Gasteiger charge is -2.26. The SMILES string of the molecule is CC(C#N)CNC(=O)c1cccn1C1CCNCC1. The molecule has 1 saturated heterocycles. The lowest BCUT2D eigenvalue weighted by atomic mass is 10.1. The van der Waals surface area contributed by atoms with E-state index in [1.54, 1.807) is 6.92 Å². The first-order chi connectivity index (χ1) is 9.22. The van der Waals surface area contributed by atoms with Gasteiger partial charge >= 0.3 is 0 Å². The van der Waals surface area contributed by atoms with Crippen molar-refractivity contribution in [1.29, 1.82) is 5.26 Å². The van der Waals surface area contributed by atoms with Gasteiger partial charge in [0.25, 0.3) is 5.91 Å². The second kappa shape index (κ2) is 6.39. The maximum atomic E-state index is 12.1. The number of nitrogens with one attached hydrogen (secondary N) is 2. The van der Waals surface area contributed by atoms with Crippen molar-refractivity contribution in [3.8, 4) is 6.07 Å². The molecule has 0 bridgehead atoms. The summed E-state index contributed by atoms with van der Waals surface area (Å²) in [5.41, 5.74) is 0.692. The van der Waals surface area contributed by atoms with Crippen molar-refractivity contribution < 1.29 is 4.79 Å². The second-order valence-corrected chi connectivity index (χ2v) is 5.02. The molecule has 1 aromatic heterocycles. The van der Waals surface area contributed by atoms with Crippen LogP contribution in [0, 0.1) is 17.2 Å². The summed E-state index contributed by atoms with van der Waals surface area (Å²) in [4.78, 5) is 12.1. The van der Waals surface area contributed by atoms with Crippen LogP contribution in [0.4, 0.5) is 0 Å². The van der Waals surface area contributed by atoms with Crippen LogP contribution in [0.1, 0.15) is 36.3 Å². The van der Waals surface area contributed by atoms with Crippen molar-refractivity contribution in [3.63, 3.8) is 0 Å². The average molecular weight is 260 g/mol. The Hall–Kier alpha value is -1.80. The van der Waals surface area contributed by atoms with Crippen molar-refractivity contribution in [2.24, 2.45) is 5.92 Å². The molecule has 2 rings (SSSR count). The Morgan fingerprint density at radius 2 is 2.37 bits per heavy atom. The fourth-order valence-corrected chi connectivity index (χ4v) is 2.37. The summed E-state index contributed by atoms with van der Waals surface area (Å²) in [6, 6.07) is 6.26. The van der Waals surface area contributed by atoms with Gasteiger partial charge < -0.3 is 15.2 Å². The minimum atomic E-state index is -0.161. The summed E-state index contributed by atoms with van der Waals surface area (Å²) in [7, 11) is 0. The topological polar surface area (TPSA) is 69.8 Å². The number of hydrogen-bond acceptors (Lipinski definition) is 3. The third kappa shape index (κ3) is 3.36. The monoisotopic (exact) mass is 260 g/mol. The van der Waals surface area contributed by atoms with Crippen molar-refractivity contribution in [2.45, 2.75) is 25.8 Å². The van der Waals surface area contributed by atoms with Gasteiger partial charge in [-0.2, -0.15) is 5.26 Å². The van der Waals surface area contributed by atoms with E-state index in [1.165, 1.54) is 0 Å². The molecular formula is C14H20N4O. The van der Waals surface area contributed by atoms with Gasteiger partial charge in [0.05, 0.1) is 12.0 Å². The summed E-state index contributed by atoms with van der Waals surface area (Å²) in [5.74, 6) is -0.253. The van der Waals surface area contributed by atoms with E-state index in [0.717, 1.165) is 25.9 Å². The molecule has 1 amide bonds. The Bertz CT molecular complexity index is 468. The highest BCUT2D eigenvalue weighted by Crippen LogP contribution is 2.21. The molecule has 1 aromatic rings. The third-order valence-corrected chi connectivity index (χ3v) is 3.50. The van der Waals surface area contributed by atoms with E-state index >= 15 is 0 Å². The molecule has 1 aliphatic rings. The number of carbonyl (C=O) groups excluding carboxylic acids is 1. The molecule has 1 fully saturated rings. The molecule has 19 heavy (non-hydrogen) atoms. The van der Waals surface area contributed by atoms with Crippen molar-refractivity contribution in [3.05, 3.63) is 24.0 Å². The Kier molecular flexibility index (Phi) is 4.58. The van der Waals surface area contributed by atoms with Gasteiger partial charge in [0.2, 0.25) is 0 Å². The molecule has 102 valence electrons. The molecule has 5 heteroatoms. The van der Waals surface area contributed by atoms with E-state index in [-0.39, 0.29) is 11.8 Å². The minimum absolute atomic E-state index is 0.0920. The van der Waals surface area contributed by atoms with E-state index in [9.17, 15) is 4.79 Å². The molecule has 0 radical (unpaired) electrons. The lowest BCUT2D eigenvalue weighted by Crippen LogP contribution is -2.33. The molecule has 5 nitrogen and oxygen atoms in total. The quantitative estimate of drug-likeness (QED) is 0.857. The number of carbonyl (C=O) groups is 1. The highest BCUT2D eigenvalue weighted by atomic mass is 16.1. The summed E-state index contributed by atoms with van der Waals surface area (Å²) in [6.07, 6.45) is 4.06. The zero-order valence-electron chi connectivity index (χ0n) is 11.2. The van der Waals surface area contributed by atoms with Crippen LogP contribution in [0.3, 0.4) is 0 Å². The van der Waals surface area contributed by atoms with Crippen molar-refractivity contribution in [2.75, 3.05) is 19.6 Å². The van der Waals surface area contributed by atoms with Gasteiger partial charge in [-0.05, 0) is 45.0 Å². The summed E-state index contributed by atoms with van der Waals surface area (Å²) >= 11 is 0. The predicted octanol–water partition coefficient (Wildman–Crippen LogP) is 1.30. The van der Waals surface area contributed by atoms with Gasteiger partial charge in [-0.25, -0.2) is 0 Å². The lowest BCUT2D eigenvalue weighted by molar-refractivity contribution is 0.0938. The Balaban J connectivity index is 2.02. The van der Waals surface area contributed by atoms with Crippen LogP contribution in [-0.4, -0.2) is 30.1 Å². The summed E-state index contributed by atoms with van der Waals surface area (Å²) < 4.78 is 2.06. The number of hydrogen-bond donors (Lipinski definition) is 2. The molecule has 1 atom stereocenters. The fourth-order valence-electron chi connectivity index (χ4n) is 2.37. The summed E-state index contributed by atoms with van der Waals surface area (Å²) in [5, 5.41) is 14.9. The zero-order chi connectivity index (χ0) is 13.7. The fraction of sp³-hybridized carbons (Fsp3) is 0.571. The van der Waals surface area contributed by atoms with Gasteiger partial charge in [0.1, 0.15) is 5.69 Å². The van der Waals surface area contributed by atoms with E-state index in [0.29, 0.717) is 18.3 Å². The number of piperidine rings is 1. The third-order valence-electron chi connectivity index (χ3n) is 3.50. The standard InChI is InChI=1S/C14H20N4O/c1-11(9-15)10-17-14(19)13-3-2-8-18(13)12-4-6-16-7-5-12/h2-3,8,11-12,16H,4-7,10H2,1H3,(H,17,19). The number of nitriles is 1. The van der Waals surface area contributed by atoms with Crippen LogP contribution in [0.25, 0.3) is 0 Å². The Morgan fingerprint density at radius 3 is 3.05 bits per heavy atom. The number of amides is 1. The number of rotatable bonds is 4.